The Bertz CT molecular complexity index is 1150. The first-order valence-corrected chi connectivity index (χ1v) is 8.93. The average Bonchev–Trinajstić information content (AvgIpc) is 3.18. The van der Waals surface area contributed by atoms with Gasteiger partial charge >= 0.3 is 6.18 Å². The van der Waals surface area contributed by atoms with E-state index in [0.717, 1.165) is 17.4 Å². The van der Waals surface area contributed by atoms with Crippen molar-refractivity contribution in [1.82, 2.24) is 14.8 Å². The lowest BCUT2D eigenvalue weighted by atomic mass is 10.1. The molecule has 1 aromatic carbocycles. The van der Waals surface area contributed by atoms with Crippen LogP contribution in [0, 0.1) is 12.7 Å². The van der Waals surface area contributed by atoms with Gasteiger partial charge in [0.15, 0.2) is 5.65 Å². The van der Waals surface area contributed by atoms with Crippen LogP contribution in [0.3, 0.4) is 0 Å². The molecule has 0 saturated heterocycles. The molecule has 0 N–H and O–H groups in total. The average molecular weight is 412 g/mol. The summed E-state index contributed by atoms with van der Waals surface area (Å²) in [5, 5.41) is 4.13. The van der Waals surface area contributed by atoms with E-state index in [4.69, 9.17) is 11.6 Å². The van der Waals surface area contributed by atoms with Crippen molar-refractivity contribution in [1.29, 1.82) is 0 Å². The molecule has 138 valence electrons. The third-order valence-electron chi connectivity index (χ3n) is 4.02. The quantitative estimate of drug-likeness (QED) is 0.364. The summed E-state index contributed by atoms with van der Waals surface area (Å²) < 4.78 is 56.1. The molecule has 27 heavy (non-hydrogen) atoms. The molecule has 9 heteroatoms. The fourth-order valence-corrected chi connectivity index (χ4v) is 3.86. The van der Waals surface area contributed by atoms with Gasteiger partial charge in [0.1, 0.15) is 5.82 Å². The van der Waals surface area contributed by atoms with Gasteiger partial charge in [-0.1, -0.05) is 11.6 Å². The van der Waals surface area contributed by atoms with Gasteiger partial charge in [-0.15, -0.1) is 11.3 Å². The molecule has 0 unspecified atom stereocenters. The van der Waals surface area contributed by atoms with Gasteiger partial charge < -0.3 is 0 Å². The van der Waals surface area contributed by atoms with Crippen molar-refractivity contribution in [2.75, 3.05) is 0 Å². The predicted molar refractivity (Wildman–Crippen MR) is 96.9 cm³/mol. The number of hydrogen-bond acceptors (Lipinski definition) is 3. The van der Waals surface area contributed by atoms with Gasteiger partial charge in [0.2, 0.25) is 0 Å². The number of halogens is 5. The van der Waals surface area contributed by atoms with Crippen molar-refractivity contribution in [3.63, 3.8) is 0 Å². The number of rotatable bonds is 2. The fourth-order valence-electron chi connectivity index (χ4n) is 2.85. The highest BCUT2D eigenvalue weighted by Gasteiger charge is 2.36. The second-order valence-electron chi connectivity index (χ2n) is 5.83. The van der Waals surface area contributed by atoms with E-state index < -0.39 is 17.6 Å². The molecule has 3 aromatic heterocycles. The highest BCUT2D eigenvalue weighted by atomic mass is 35.5. The van der Waals surface area contributed by atoms with Crippen LogP contribution in [0.25, 0.3) is 27.3 Å². The smallest absolute Gasteiger partial charge is 0.227 e. The second-order valence-corrected chi connectivity index (χ2v) is 7.54. The van der Waals surface area contributed by atoms with Crippen molar-refractivity contribution >= 4 is 34.0 Å². The molecule has 0 aliphatic carbocycles. The maximum Gasteiger partial charge on any atom is 0.417 e. The zero-order valence-electron chi connectivity index (χ0n) is 13.7. The lowest BCUT2D eigenvalue weighted by Gasteiger charge is -2.11. The predicted octanol–water partition coefficient (Wildman–Crippen LogP) is 6.27. The minimum absolute atomic E-state index is 0.0495. The third-order valence-corrected chi connectivity index (χ3v) is 5.27. The largest absolute Gasteiger partial charge is 0.417 e. The maximum absolute atomic E-state index is 13.7. The SMILES string of the molecule is Cc1nn(-c2ccc(F)cc2)c2nc(-c3ccc(Cl)s3)cc(C(F)(F)F)c12. The van der Waals surface area contributed by atoms with Gasteiger partial charge in [0, 0.05) is 0 Å². The van der Waals surface area contributed by atoms with Crippen LogP contribution < -0.4 is 0 Å². The number of aryl methyl sites for hydroxylation is 1. The van der Waals surface area contributed by atoms with E-state index in [0.29, 0.717) is 14.9 Å². The molecule has 0 bridgehead atoms. The van der Waals surface area contributed by atoms with Crippen LogP contribution in [0.15, 0.2) is 42.5 Å². The van der Waals surface area contributed by atoms with Gasteiger partial charge in [0.25, 0.3) is 0 Å². The summed E-state index contributed by atoms with van der Waals surface area (Å²) in [6.45, 7) is 1.49. The van der Waals surface area contributed by atoms with E-state index >= 15 is 0 Å². The Morgan fingerprint density at radius 1 is 1.07 bits per heavy atom. The fraction of sp³-hybridized carbons (Fsp3) is 0.111. The zero-order valence-corrected chi connectivity index (χ0v) is 15.3. The van der Waals surface area contributed by atoms with Gasteiger partial charge in [-0.25, -0.2) is 14.1 Å². The van der Waals surface area contributed by atoms with Gasteiger partial charge in [-0.05, 0) is 49.4 Å². The van der Waals surface area contributed by atoms with Gasteiger partial charge in [-0.3, -0.25) is 0 Å². The molecule has 4 rings (SSSR count). The minimum atomic E-state index is -4.58. The number of fused-ring (bicyclic) bond motifs is 1. The summed E-state index contributed by atoms with van der Waals surface area (Å²) in [5.74, 6) is -0.454. The van der Waals surface area contributed by atoms with Crippen molar-refractivity contribution < 1.29 is 17.6 Å². The summed E-state index contributed by atoms with van der Waals surface area (Å²) in [5.41, 5.74) is -0.0253. The number of benzene rings is 1. The van der Waals surface area contributed by atoms with Gasteiger partial charge in [0.05, 0.1) is 37.2 Å². The number of aromatic nitrogens is 3. The molecule has 0 atom stereocenters. The Kier molecular flexibility index (Phi) is 4.20. The monoisotopic (exact) mass is 411 g/mol. The molecule has 0 saturated carbocycles. The molecule has 0 amide bonds. The highest BCUT2D eigenvalue weighted by molar-refractivity contribution is 7.19. The Morgan fingerprint density at radius 3 is 2.37 bits per heavy atom. The van der Waals surface area contributed by atoms with E-state index in [1.165, 1.54) is 35.9 Å². The molecule has 3 heterocycles. The van der Waals surface area contributed by atoms with Gasteiger partial charge in [-0.2, -0.15) is 18.3 Å². The molecular weight excluding hydrogens is 402 g/mol. The van der Waals surface area contributed by atoms with Crippen LogP contribution in [0.5, 0.6) is 0 Å². The number of alkyl halides is 3. The Balaban J connectivity index is 2.05. The van der Waals surface area contributed by atoms with E-state index in [-0.39, 0.29) is 22.4 Å². The molecule has 4 aromatic rings. The van der Waals surface area contributed by atoms with Crippen LogP contribution >= 0.6 is 22.9 Å². The van der Waals surface area contributed by atoms with E-state index in [9.17, 15) is 17.6 Å². The lowest BCUT2D eigenvalue weighted by Crippen LogP contribution is -2.07. The first-order valence-electron chi connectivity index (χ1n) is 7.73. The zero-order chi connectivity index (χ0) is 19.3. The second kappa shape index (κ2) is 6.31. The lowest BCUT2D eigenvalue weighted by molar-refractivity contribution is -0.136. The Morgan fingerprint density at radius 2 is 1.78 bits per heavy atom. The topological polar surface area (TPSA) is 30.7 Å². The first-order chi connectivity index (χ1) is 12.7. The van der Waals surface area contributed by atoms with E-state index in [1.54, 1.807) is 12.1 Å². The summed E-state index contributed by atoms with van der Waals surface area (Å²) in [4.78, 5) is 4.92. The third kappa shape index (κ3) is 3.19. The van der Waals surface area contributed by atoms with E-state index in [1.807, 2.05) is 0 Å². The number of thiophene rings is 1. The number of hydrogen-bond donors (Lipinski definition) is 0. The maximum atomic E-state index is 13.7. The Hall–Kier alpha value is -2.45. The van der Waals surface area contributed by atoms with Crippen molar-refractivity contribution in [3.8, 4) is 16.3 Å². The standard InChI is InChI=1S/C18H10ClF4N3S/c1-9-16-12(18(21,22)23)8-13(14-6-7-15(19)27-14)24-17(16)26(25-9)11-4-2-10(20)3-5-11/h2-8H,1H3. The van der Waals surface area contributed by atoms with Crippen LogP contribution in [0.1, 0.15) is 11.3 Å². The normalized spacial score (nSPS) is 12.1. The molecule has 3 nitrogen and oxygen atoms in total. The van der Waals surface area contributed by atoms with Crippen LogP contribution in [0.4, 0.5) is 17.6 Å². The number of pyridine rings is 1. The summed E-state index contributed by atoms with van der Waals surface area (Å²) >= 11 is 7.06. The van der Waals surface area contributed by atoms with Crippen LogP contribution in [-0.4, -0.2) is 14.8 Å². The molecule has 0 aliphatic rings. The molecular formula is C18H10ClF4N3S. The minimum Gasteiger partial charge on any atom is -0.227 e. The Labute approximate surface area is 159 Å². The molecule has 0 aliphatic heterocycles. The van der Waals surface area contributed by atoms with Crippen molar-refractivity contribution in [3.05, 3.63) is 63.9 Å². The molecule has 0 spiro atoms. The molecule has 0 fully saturated rings. The van der Waals surface area contributed by atoms with Crippen LogP contribution in [0.2, 0.25) is 4.34 Å². The van der Waals surface area contributed by atoms with E-state index in [2.05, 4.69) is 10.1 Å². The summed E-state index contributed by atoms with van der Waals surface area (Å²) in [6, 6.07) is 9.53. The van der Waals surface area contributed by atoms with Crippen molar-refractivity contribution in [2.45, 2.75) is 13.1 Å². The first kappa shape index (κ1) is 17.9. The number of nitrogens with zero attached hydrogens (tertiary/aromatic N) is 3. The highest BCUT2D eigenvalue weighted by Crippen LogP contribution is 2.40. The summed E-state index contributed by atoms with van der Waals surface area (Å²) in [7, 11) is 0. The van der Waals surface area contributed by atoms with Crippen LogP contribution in [-0.2, 0) is 6.18 Å². The van der Waals surface area contributed by atoms with Crippen molar-refractivity contribution in [2.24, 2.45) is 0 Å². The summed E-state index contributed by atoms with van der Waals surface area (Å²) in [6.07, 6.45) is -4.58. The molecule has 0 radical (unpaired) electrons.